The van der Waals surface area contributed by atoms with E-state index in [1.165, 1.54) is 33.3 Å². The Hall–Kier alpha value is -7.06. The molecule has 5 atom stereocenters. The van der Waals surface area contributed by atoms with Crippen LogP contribution in [0.25, 0.3) is 21.3 Å². The molecule has 78 heavy (non-hydrogen) atoms. The second-order valence-electron chi connectivity index (χ2n) is 19.5. The highest BCUT2D eigenvalue weighted by atomic mass is 32.1. The number of nitrogens with one attached hydrogen (secondary N) is 3. The van der Waals surface area contributed by atoms with Crippen molar-refractivity contribution >= 4 is 88.6 Å². The van der Waals surface area contributed by atoms with Gasteiger partial charge >= 0.3 is 14.7 Å². The molecule has 6 heterocycles. The largest absolute Gasteiger partial charge is 0.389 e. The smallest absolute Gasteiger partial charge is 0.370 e. The number of imide groups is 1. The number of piperidine rings is 1. The van der Waals surface area contributed by atoms with Gasteiger partial charge in [0.05, 0.1) is 22.2 Å². The van der Waals surface area contributed by atoms with Crippen LogP contribution in [0.5, 0.6) is 0 Å². The van der Waals surface area contributed by atoms with Crippen molar-refractivity contribution < 1.29 is 61.4 Å². The van der Waals surface area contributed by atoms with Crippen molar-refractivity contribution in [3.63, 3.8) is 0 Å². The fraction of sp³-hybridized carbons (Fsp3) is 0.389. The molecule has 3 fully saturated rings. The molecule has 408 valence electrons. The van der Waals surface area contributed by atoms with Crippen LogP contribution in [0, 0.1) is 11.8 Å². The highest BCUT2D eigenvalue weighted by Gasteiger charge is 2.46. The monoisotopic (exact) mass is 1120 g/mol. The molecule has 1 unspecified atom stereocenters. The molecular formula is C54H55F2N8O11PS2. The Balaban J connectivity index is 0.875. The summed E-state index contributed by atoms with van der Waals surface area (Å²) in [6.07, 6.45) is -0.132. The van der Waals surface area contributed by atoms with E-state index in [9.17, 15) is 47.1 Å². The molecule has 3 saturated heterocycles. The number of carbonyl (C=O) groups is 8. The number of alkyl halides is 2. The molecule has 0 saturated carbocycles. The molecule has 0 radical (unpaired) electrons. The van der Waals surface area contributed by atoms with E-state index in [-0.39, 0.29) is 86.1 Å². The molecule has 0 aliphatic carbocycles. The summed E-state index contributed by atoms with van der Waals surface area (Å²) in [4.78, 5) is 135. The van der Waals surface area contributed by atoms with Gasteiger partial charge < -0.3 is 40.9 Å². The number of amides is 8. The standard InChI is InChI=1S/C54H55F2N8O11PS2/c55-54(56,75-76(73)74)34-16-21-43-33(26-34)27-44(78-43)50(70)59-39-29-62(47(67)15-8-3-1-2-5-10-31-13-9-14-36-37(31)28-63(52(36)71)41-20-23-46(66)61-48(41)68)25-24-35-17-19-42(64(35)53(39)72)49(69)58-38(18-22-45(57)65)51-60-40(30-77-51)32-11-6-4-7-12-32/h4,6-7,9,11-14,16,21,26-27,30,35,38-39,41-42,73-74H,1-3,8,15,17-20,22-25,28-29H2,(H2,57,65)(H,58,69)(H,59,70)(H,61,66,68)/t35-,38+,39+,41?,42+/m1/s1. The lowest BCUT2D eigenvalue weighted by atomic mass is 10.0. The topological polar surface area (TPSA) is 271 Å². The Morgan fingerprint density at radius 1 is 0.962 bits per heavy atom. The van der Waals surface area contributed by atoms with Crippen LogP contribution in [0.3, 0.4) is 0 Å². The van der Waals surface area contributed by atoms with Crippen LogP contribution in [0.2, 0.25) is 0 Å². The second-order valence-corrected chi connectivity index (χ2v) is 22.1. The number of thiazole rings is 1. The zero-order valence-electron chi connectivity index (χ0n) is 42.0. The minimum Gasteiger partial charge on any atom is -0.370 e. The maximum absolute atomic E-state index is 15.0. The van der Waals surface area contributed by atoms with Crippen LogP contribution in [0.4, 0.5) is 8.78 Å². The molecule has 24 heteroatoms. The predicted molar refractivity (Wildman–Crippen MR) is 284 cm³/mol. The van der Waals surface area contributed by atoms with E-state index >= 15 is 0 Å². The van der Waals surface area contributed by atoms with Gasteiger partial charge in [0.25, 0.3) is 11.8 Å². The molecule has 9 rings (SSSR count). The van der Waals surface area contributed by atoms with Gasteiger partial charge in [0.2, 0.25) is 35.4 Å². The van der Waals surface area contributed by atoms with Crippen molar-refractivity contribution in [2.24, 2.45) is 5.73 Å². The molecule has 0 bridgehead atoms. The van der Waals surface area contributed by atoms with Gasteiger partial charge in [0.1, 0.15) is 23.1 Å². The van der Waals surface area contributed by atoms with E-state index < -0.39 is 80.0 Å². The first-order valence-electron chi connectivity index (χ1n) is 25.5. The first-order chi connectivity index (χ1) is 37.4. The predicted octanol–water partition coefficient (Wildman–Crippen LogP) is 5.88. The van der Waals surface area contributed by atoms with Crippen molar-refractivity contribution in [1.29, 1.82) is 0 Å². The first kappa shape index (κ1) is 55.7. The molecule has 5 aromatic rings. The Labute approximate surface area is 455 Å². The number of primary amides is 1. The van der Waals surface area contributed by atoms with Crippen LogP contribution >= 0.6 is 31.3 Å². The summed E-state index contributed by atoms with van der Waals surface area (Å²) in [5, 5.41) is 10.8. The summed E-state index contributed by atoms with van der Waals surface area (Å²) in [5.41, 5.74) is 8.26. The van der Waals surface area contributed by atoms with E-state index in [4.69, 9.17) is 20.5 Å². The summed E-state index contributed by atoms with van der Waals surface area (Å²) < 4.78 is 33.8. The Morgan fingerprint density at radius 3 is 2.54 bits per heavy atom. The maximum Gasteiger partial charge on any atom is 0.389 e. The van der Waals surface area contributed by atoms with Gasteiger partial charge in [-0.3, -0.25) is 43.7 Å². The number of halogens is 2. The normalized spacial score (nSPS) is 19.9. The Kier molecular flexibility index (Phi) is 17.4. The number of nitrogens with two attached hydrogens (primary N) is 1. The Bertz CT molecular complexity index is 3220. The molecule has 3 aromatic carbocycles. The lowest BCUT2D eigenvalue weighted by Gasteiger charge is -2.39. The fourth-order valence-corrected chi connectivity index (χ4v) is 12.5. The van der Waals surface area contributed by atoms with Crippen LogP contribution in [-0.4, -0.2) is 114 Å². The molecular weight excluding hydrogens is 1070 g/mol. The number of benzene rings is 3. The second kappa shape index (κ2) is 24.3. The molecule has 0 spiro atoms. The lowest BCUT2D eigenvalue weighted by Crippen LogP contribution is -2.61. The zero-order chi connectivity index (χ0) is 55.3. The van der Waals surface area contributed by atoms with Crippen LogP contribution in [-0.2, 0) is 45.9 Å². The van der Waals surface area contributed by atoms with Gasteiger partial charge in [0.15, 0.2) is 0 Å². The third-order valence-electron chi connectivity index (χ3n) is 14.3. The summed E-state index contributed by atoms with van der Waals surface area (Å²) in [6.45, 7) is 0.175. The Morgan fingerprint density at radius 2 is 1.77 bits per heavy atom. The molecule has 2 aromatic heterocycles. The number of aromatic nitrogens is 1. The van der Waals surface area contributed by atoms with Crippen molar-refractivity contribution in [2.75, 3.05) is 13.1 Å². The van der Waals surface area contributed by atoms with Crippen molar-refractivity contribution in [1.82, 2.24) is 35.6 Å². The van der Waals surface area contributed by atoms with Crippen molar-refractivity contribution in [3.05, 3.63) is 110 Å². The van der Waals surface area contributed by atoms with Gasteiger partial charge in [-0.2, -0.15) is 8.78 Å². The minimum atomic E-state index is -4.05. The van der Waals surface area contributed by atoms with E-state index in [2.05, 4.69) is 32.3 Å². The van der Waals surface area contributed by atoms with Gasteiger partial charge in [0, 0.05) is 78.1 Å². The minimum absolute atomic E-state index is 0.0508. The molecule has 8 amide bonds. The quantitative estimate of drug-likeness (QED) is 0.0260. The molecule has 7 N–H and O–H groups in total. The number of hydrogen-bond acceptors (Lipinski definition) is 14. The number of fused-ring (bicyclic) bond motifs is 3. The number of thiophene rings is 1. The fourth-order valence-electron chi connectivity index (χ4n) is 10.4. The average molecular weight is 1130 g/mol. The zero-order valence-corrected chi connectivity index (χ0v) is 44.5. The van der Waals surface area contributed by atoms with E-state index in [0.717, 1.165) is 34.6 Å². The summed E-state index contributed by atoms with van der Waals surface area (Å²) in [6, 6.07) is 15.2. The van der Waals surface area contributed by atoms with Gasteiger partial charge in [-0.25, -0.2) is 9.51 Å². The maximum atomic E-state index is 15.0. The number of unbranched alkanes of at least 4 members (excludes halogenated alkanes) is 3. The van der Waals surface area contributed by atoms with E-state index in [0.29, 0.717) is 65.1 Å². The van der Waals surface area contributed by atoms with Crippen LogP contribution in [0.15, 0.2) is 78.2 Å². The number of carbonyl (C=O) groups excluding carboxylic acids is 8. The SMILES string of the molecule is NC(=O)CC[C@H](NC(=O)[C@@H]1CC[C@@H]2CCN(C(=O)CCCCCC#Cc3cccc4c3CN(C3CCC(=O)NC3=O)C4=O)C[C@H](NC(=O)c3cc4cc(C(F)(F)OP(O)O)ccc4s3)C(=O)N21)c1nc(-c2ccccc2)cs1. The van der Waals surface area contributed by atoms with E-state index in [1.54, 1.807) is 17.0 Å². The number of rotatable bonds is 18. The number of hydrogen-bond donors (Lipinski definition) is 6. The van der Waals surface area contributed by atoms with E-state index in [1.807, 2.05) is 41.8 Å². The molecule has 4 aliphatic rings. The lowest BCUT2D eigenvalue weighted by molar-refractivity contribution is -0.189. The molecule has 19 nitrogen and oxygen atoms in total. The highest BCUT2D eigenvalue weighted by Crippen LogP contribution is 2.43. The van der Waals surface area contributed by atoms with Gasteiger partial charge in [-0.05, 0) is 92.3 Å². The van der Waals surface area contributed by atoms with Crippen molar-refractivity contribution in [3.8, 4) is 23.1 Å². The molecule has 4 aliphatic heterocycles. The first-order valence-corrected chi connectivity index (χ1v) is 28.3. The third-order valence-corrected chi connectivity index (χ3v) is 16.8. The van der Waals surface area contributed by atoms with Crippen LogP contribution < -0.4 is 21.7 Å². The third kappa shape index (κ3) is 12.8. The summed E-state index contributed by atoms with van der Waals surface area (Å²) >= 11 is 2.27. The summed E-state index contributed by atoms with van der Waals surface area (Å²) in [5.74, 6) is 2.55. The van der Waals surface area contributed by atoms with Crippen LogP contribution in [0.1, 0.15) is 125 Å². The average Bonchev–Trinajstić information content (AvgIpc) is 4.27. The van der Waals surface area contributed by atoms with Gasteiger partial charge in [-0.15, -0.1) is 22.7 Å². The van der Waals surface area contributed by atoms with Crippen molar-refractivity contribution in [2.45, 2.75) is 120 Å². The highest BCUT2D eigenvalue weighted by molar-refractivity contribution is 7.39. The summed E-state index contributed by atoms with van der Waals surface area (Å²) in [7, 11) is -3.40. The number of nitrogens with zero attached hydrogens (tertiary/aromatic N) is 4. The van der Waals surface area contributed by atoms with Gasteiger partial charge in [-0.1, -0.05) is 54.7 Å².